The zero-order chi connectivity index (χ0) is 33.4. The van der Waals surface area contributed by atoms with Crippen LogP contribution in [0.3, 0.4) is 0 Å². The molecule has 1 aliphatic heterocycles. The van der Waals surface area contributed by atoms with Crippen LogP contribution in [0.15, 0.2) is 60.8 Å². The molecule has 1 aromatic heterocycles. The van der Waals surface area contributed by atoms with Crippen LogP contribution in [-0.4, -0.2) is 73.0 Å². The maximum absolute atomic E-state index is 12.2. The van der Waals surface area contributed by atoms with Crippen LogP contribution in [0.4, 0.5) is 0 Å². The summed E-state index contributed by atoms with van der Waals surface area (Å²) in [4.78, 5) is 64.1. The van der Waals surface area contributed by atoms with Gasteiger partial charge >= 0.3 is 29.8 Å². The molecule has 0 radical (unpaired) electrons. The van der Waals surface area contributed by atoms with Crippen molar-refractivity contribution in [2.45, 2.75) is 64.6 Å². The van der Waals surface area contributed by atoms with Gasteiger partial charge in [-0.05, 0) is 40.3 Å². The molecule has 0 aliphatic carbocycles. The molecule has 0 bridgehead atoms. The number of esters is 5. The van der Waals surface area contributed by atoms with Gasteiger partial charge in [0.15, 0.2) is 18.3 Å². The number of hydrogen-bond donors (Lipinski definition) is 0. The van der Waals surface area contributed by atoms with Gasteiger partial charge in [-0.15, -0.1) is 0 Å². The van der Waals surface area contributed by atoms with Crippen molar-refractivity contribution in [3.05, 3.63) is 83.2 Å². The van der Waals surface area contributed by atoms with Gasteiger partial charge in [0.1, 0.15) is 18.8 Å². The predicted octanol–water partition coefficient (Wildman–Crippen LogP) is 3.81. The van der Waals surface area contributed by atoms with E-state index in [9.17, 15) is 24.0 Å². The molecule has 12 heteroatoms. The molecule has 4 rings (SSSR count). The Labute approximate surface area is 265 Å². The summed E-state index contributed by atoms with van der Waals surface area (Å²) in [7, 11) is 1.32. The summed E-state index contributed by atoms with van der Waals surface area (Å²) in [6.07, 6.45) is -0.525. The molecular weight excluding hydrogens is 598 g/mol. The number of pyridine rings is 1. The number of carbonyl (C=O) groups is 5. The zero-order valence-corrected chi connectivity index (χ0v) is 26.1. The summed E-state index contributed by atoms with van der Waals surface area (Å²) in [6.45, 7) is 4.46. The number of carbonyl (C=O) groups excluding carboxylic acids is 5. The number of benzene rings is 2. The molecule has 242 valence electrons. The summed E-state index contributed by atoms with van der Waals surface area (Å²) in [5.41, 5.74) is 3.22. The van der Waals surface area contributed by atoms with Crippen molar-refractivity contribution in [3.8, 4) is 0 Å². The number of rotatable bonds is 10. The van der Waals surface area contributed by atoms with E-state index in [-0.39, 0.29) is 6.61 Å². The van der Waals surface area contributed by atoms with Crippen molar-refractivity contribution in [3.63, 3.8) is 0 Å². The van der Waals surface area contributed by atoms with E-state index < -0.39 is 60.4 Å². The van der Waals surface area contributed by atoms with Crippen LogP contribution < -0.4 is 0 Å². The molecule has 1 fully saturated rings. The van der Waals surface area contributed by atoms with Crippen LogP contribution in [0, 0.1) is 0 Å². The van der Waals surface area contributed by atoms with E-state index in [1.165, 1.54) is 40.9 Å². The molecule has 0 unspecified atom stereocenters. The van der Waals surface area contributed by atoms with Crippen LogP contribution >= 0.6 is 0 Å². The average Bonchev–Trinajstić information content (AvgIpc) is 3.00. The fraction of sp³-hybridized carbons (Fsp3) is 0.353. The van der Waals surface area contributed by atoms with Crippen LogP contribution in [0.2, 0.25) is 0 Å². The van der Waals surface area contributed by atoms with E-state index in [2.05, 4.69) is 9.72 Å². The maximum Gasteiger partial charge on any atom is 0.330 e. The third-order valence-corrected chi connectivity index (χ3v) is 7.15. The van der Waals surface area contributed by atoms with Gasteiger partial charge < -0.3 is 28.4 Å². The molecule has 12 nitrogen and oxygen atoms in total. The van der Waals surface area contributed by atoms with Gasteiger partial charge in [-0.25, -0.2) is 4.79 Å². The van der Waals surface area contributed by atoms with Crippen LogP contribution in [-0.2, 0) is 58.8 Å². The predicted molar refractivity (Wildman–Crippen MR) is 163 cm³/mol. The number of ether oxygens (including phenoxy) is 6. The summed E-state index contributed by atoms with van der Waals surface area (Å²) in [5, 5.41) is 1.68. The molecule has 1 aliphatic rings. The molecule has 1 saturated heterocycles. The fourth-order valence-corrected chi connectivity index (χ4v) is 5.25. The minimum absolute atomic E-state index is 0.312. The highest BCUT2D eigenvalue weighted by Crippen LogP contribution is 2.39. The largest absolute Gasteiger partial charge is 0.466 e. The van der Waals surface area contributed by atoms with Gasteiger partial charge in [-0.2, -0.15) is 0 Å². The monoisotopic (exact) mass is 633 g/mol. The van der Waals surface area contributed by atoms with Crippen molar-refractivity contribution < 1.29 is 52.4 Å². The van der Waals surface area contributed by atoms with Crippen LogP contribution in [0.1, 0.15) is 56.2 Å². The van der Waals surface area contributed by atoms with Crippen LogP contribution in [0.25, 0.3) is 16.8 Å². The minimum Gasteiger partial charge on any atom is -0.466 e. The molecule has 0 spiro atoms. The Bertz CT molecular complexity index is 1630. The Morgan fingerprint density at radius 2 is 1.46 bits per heavy atom. The summed E-state index contributed by atoms with van der Waals surface area (Å²) in [5.74, 6) is -3.10. The molecule has 0 N–H and O–H groups in total. The smallest absolute Gasteiger partial charge is 0.330 e. The maximum atomic E-state index is 12.2. The third-order valence-electron chi connectivity index (χ3n) is 7.15. The highest BCUT2D eigenvalue weighted by Gasteiger charge is 2.52. The highest BCUT2D eigenvalue weighted by molar-refractivity contribution is 5.87. The van der Waals surface area contributed by atoms with E-state index in [1.54, 1.807) is 18.3 Å². The first-order valence-corrected chi connectivity index (χ1v) is 14.5. The molecule has 46 heavy (non-hydrogen) atoms. The molecule has 0 amide bonds. The normalized spacial score (nSPS) is 20.9. The van der Waals surface area contributed by atoms with Crippen molar-refractivity contribution >= 4 is 46.7 Å². The SMILES string of the molecule is COC(=O)/C=C/c1ccc(Cc2nccc3cc([C@@H]4O[C@H](COC(C)=O)[C@@H](OC(C)=O)[C@H](OC(C)=O)[C@H]4OC(C)=O)ccc23)cc1. The van der Waals surface area contributed by atoms with Gasteiger partial charge in [0.2, 0.25) is 0 Å². The fourth-order valence-electron chi connectivity index (χ4n) is 5.25. The Balaban J connectivity index is 1.69. The lowest BCUT2D eigenvalue weighted by Gasteiger charge is -2.44. The lowest BCUT2D eigenvalue weighted by Crippen LogP contribution is -2.59. The summed E-state index contributed by atoms with van der Waals surface area (Å²) >= 11 is 0. The second-order valence-electron chi connectivity index (χ2n) is 10.6. The molecular formula is C34H35NO11. The lowest BCUT2D eigenvalue weighted by atomic mass is 9.89. The minimum atomic E-state index is -1.27. The van der Waals surface area contributed by atoms with Crippen molar-refractivity contribution in [1.29, 1.82) is 0 Å². The zero-order valence-electron chi connectivity index (χ0n) is 26.1. The Kier molecular flexibility index (Phi) is 11.2. The van der Waals surface area contributed by atoms with E-state index in [1.807, 2.05) is 42.5 Å². The molecule has 3 aromatic rings. The van der Waals surface area contributed by atoms with E-state index in [0.717, 1.165) is 27.6 Å². The quantitative estimate of drug-likeness (QED) is 0.181. The number of fused-ring (bicyclic) bond motifs is 1. The Morgan fingerprint density at radius 3 is 2.09 bits per heavy atom. The standard InChI is InChI=1S/C34H35NO11/c1-19(36)42-18-29-32(43-20(2)37)34(45-22(4)39)33(44-21(3)38)31(46-29)26-11-12-27-25(17-26)14-15-35-28(27)16-24-8-6-23(7-9-24)10-13-30(40)41-5/h6-15,17,29,31-34H,16,18H2,1-5H3/b13-10+/t29-,31+,32-,33+,34+/m1/s1. The number of nitrogens with zero attached hydrogens (tertiary/aromatic N) is 1. The highest BCUT2D eigenvalue weighted by atomic mass is 16.7. The summed E-state index contributed by atoms with van der Waals surface area (Å²) < 4.78 is 32.8. The van der Waals surface area contributed by atoms with Gasteiger partial charge in [-0.1, -0.05) is 36.4 Å². The third kappa shape index (κ3) is 8.75. The average molecular weight is 634 g/mol. The van der Waals surface area contributed by atoms with Gasteiger partial charge in [0.25, 0.3) is 0 Å². The van der Waals surface area contributed by atoms with Crippen molar-refractivity contribution in [1.82, 2.24) is 4.98 Å². The van der Waals surface area contributed by atoms with E-state index in [4.69, 9.17) is 23.7 Å². The van der Waals surface area contributed by atoms with Crippen LogP contribution in [0.5, 0.6) is 0 Å². The second-order valence-corrected chi connectivity index (χ2v) is 10.6. The van der Waals surface area contributed by atoms with Gasteiger partial charge in [-0.3, -0.25) is 24.2 Å². The number of methoxy groups -OCH3 is 1. The first kappa shape index (κ1) is 33.8. The molecule has 5 atom stereocenters. The molecule has 2 heterocycles. The van der Waals surface area contributed by atoms with E-state index in [0.29, 0.717) is 12.0 Å². The van der Waals surface area contributed by atoms with Gasteiger partial charge in [0.05, 0.1) is 12.8 Å². The lowest BCUT2D eigenvalue weighted by molar-refractivity contribution is -0.254. The number of aromatic nitrogens is 1. The molecule has 0 saturated carbocycles. The number of hydrogen-bond acceptors (Lipinski definition) is 12. The first-order valence-electron chi connectivity index (χ1n) is 14.5. The van der Waals surface area contributed by atoms with Gasteiger partial charge in [0, 0.05) is 51.8 Å². The Morgan fingerprint density at radius 1 is 0.804 bits per heavy atom. The van der Waals surface area contributed by atoms with Crippen molar-refractivity contribution in [2.75, 3.05) is 13.7 Å². The molecule has 2 aromatic carbocycles. The second kappa shape index (κ2) is 15.3. The first-order chi connectivity index (χ1) is 21.9. The Hall–Kier alpha value is -5.10. The summed E-state index contributed by atoms with van der Waals surface area (Å²) in [6, 6.07) is 15.0. The topological polar surface area (TPSA) is 154 Å². The van der Waals surface area contributed by atoms with E-state index >= 15 is 0 Å². The van der Waals surface area contributed by atoms with Crippen molar-refractivity contribution in [2.24, 2.45) is 0 Å².